The van der Waals surface area contributed by atoms with E-state index in [4.69, 9.17) is 10.4 Å². The number of sulfonamides is 1. The molecule has 0 saturated heterocycles. The van der Waals surface area contributed by atoms with Gasteiger partial charge in [-0.2, -0.15) is 5.26 Å². The fraction of sp³-hybridized carbons (Fsp3) is 0.167. The number of hydrogen-bond donors (Lipinski definition) is 1. The lowest BCUT2D eigenvalue weighted by Gasteiger charge is -2.15. The fourth-order valence-electron chi connectivity index (χ4n) is 3.61. The lowest BCUT2D eigenvalue weighted by Crippen LogP contribution is -2.28. The van der Waals surface area contributed by atoms with Crippen molar-refractivity contribution in [2.75, 3.05) is 13.6 Å². The van der Waals surface area contributed by atoms with Crippen LogP contribution in [0.1, 0.15) is 22.5 Å². The van der Waals surface area contributed by atoms with Crippen LogP contribution in [0, 0.1) is 17.1 Å². The summed E-state index contributed by atoms with van der Waals surface area (Å²) in [7, 11) is -2.26. The predicted octanol–water partition coefficient (Wildman–Crippen LogP) is 2.92. The smallest absolute Gasteiger partial charge is 0.272 e. The van der Waals surface area contributed by atoms with Crippen molar-refractivity contribution >= 4 is 27.0 Å². The molecular formula is C24H21FN6O3S. The number of halogens is 1. The van der Waals surface area contributed by atoms with Crippen LogP contribution in [0.5, 0.6) is 0 Å². The molecule has 2 aromatic heterocycles. The third-order valence-electron chi connectivity index (χ3n) is 5.45. The van der Waals surface area contributed by atoms with E-state index in [1.807, 2.05) is 10.6 Å². The minimum atomic E-state index is -3.85. The van der Waals surface area contributed by atoms with Crippen molar-refractivity contribution in [3.63, 3.8) is 0 Å². The zero-order chi connectivity index (χ0) is 25.2. The molecule has 0 atom stereocenters. The number of hydrogen-bond acceptors (Lipinski definition) is 6. The van der Waals surface area contributed by atoms with Crippen LogP contribution in [0.25, 0.3) is 22.4 Å². The highest BCUT2D eigenvalue weighted by atomic mass is 32.2. The average molecular weight is 493 g/mol. The Morgan fingerprint density at radius 1 is 1.17 bits per heavy atom. The van der Waals surface area contributed by atoms with Gasteiger partial charge in [-0.3, -0.25) is 4.79 Å². The SMILES string of the molecule is CN(CCC#N)C(=O)c1cc2c(cn1)nc(-c1ccc(S(N)(=O)=O)cc1)n2Cc1ccc(F)cc1. The van der Waals surface area contributed by atoms with Gasteiger partial charge in [0.05, 0.1) is 29.1 Å². The maximum atomic E-state index is 13.5. The van der Waals surface area contributed by atoms with E-state index < -0.39 is 10.0 Å². The lowest BCUT2D eigenvalue weighted by molar-refractivity contribution is 0.0792. The molecule has 0 aliphatic carbocycles. The number of fused-ring (bicyclic) bond motifs is 1. The maximum absolute atomic E-state index is 13.5. The number of rotatable bonds is 7. The number of nitriles is 1. The van der Waals surface area contributed by atoms with Gasteiger partial charge in [-0.1, -0.05) is 12.1 Å². The van der Waals surface area contributed by atoms with Crippen LogP contribution in [0.15, 0.2) is 65.7 Å². The van der Waals surface area contributed by atoms with Crippen molar-refractivity contribution in [3.8, 4) is 17.5 Å². The first-order valence-electron chi connectivity index (χ1n) is 10.5. The number of primary sulfonamides is 1. The molecule has 0 bridgehead atoms. The van der Waals surface area contributed by atoms with Gasteiger partial charge < -0.3 is 9.47 Å². The van der Waals surface area contributed by atoms with E-state index in [0.717, 1.165) is 5.56 Å². The Morgan fingerprint density at radius 3 is 2.49 bits per heavy atom. The van der Waals surface area contributed by atoms with Gasteiger partial charge in [-0.05, 0) is 48.0 Å². The molecule has 2 N–H and O–H groups in total. The maximum Gasteiger partial charge on any atom is 0.272 e. The highest BCUT2D eigenvalue weighted by Gasteiger charge is 2.19. The second-order valence-electron chi connectivity index (χ2n) is 7.91. The van der Waals surface area contributed by atoms with Crippen molar-refractivity contribution in [2.45, 2.75) is 17.9 Å². The van der Waals surface area contributed by atoms with Gasteiger partial charge in [-0.15, -0.1) is 0 Å². The van der Waals surface area contributed by atoms with E-state index in [9.17, 15) is 17.6 Å². The molecule has 1 amide bonds. The summed E-state index contributed by atoms with van der Waals surface area (Å²) >= 11 is 0. The Morgan fingerprint density at radius 2 is 1.86 bits per heavy atom. The molecule has 0 spiro atoms. The van der Waals surface area contributed by atoms with Crippen LogP contribution in [-0.4, -0.2) is 47.4 Å². The zero-order valence-corrected chi connectivity index (χ0v) is 19.5. The van der Waals surface area contributed by atoms with Crippen LogP contribution in [-0.2, 0) is 16.6 Å². The minimum absolute atomic E-state index is 0.0302. The summed E-state index contributed by atoms with van der Waals surface area (Å²) in [4.78, 5) is 23.1. The molecule has 178 valence electrons. The Hall–Kier alpha value is -4.14. The predicted molar refractivity (Wildman–Crippen MR) is 127 cm³/mol. The van der Waals surface area contributed by atoms with E-state index in [1.165, 1.54) is 35.4 Å². The molecule has 4 aromatic rings. The summed E-state index contributed by atoms with van der Waals surface area (Å²) in [5.74, 6) is -0.189. The number of imidazole rings is 1. The van der Waals surface area contributed by atoms with E-state index >= 15 is 0 Å². The Bertz CT molecular complexity index is 1540. The lowest BCUT2D eigenvalue weighted by atomic mass is 10.2. The Balaban J connectivity index is 1.83. The number of carbonyl (C=O) groups excluding carboxylic acids is 1. The first-order chi connectivity index (χ1) is 16.7. The van der Waals surface area contributed by atoms with Crippen molar-refractivity contribution in [2.24, 2.45) is 5.14 Å². The van der Waals surface area contributed by atoms with E-state index in [0.29, 0.717) is 29.0 Å². The summed E-state index contributed by atoms with van der Waals surface area (Å²) in [5.41, 5.74) is 2.74. The highest BCUT2D eigenvalue weighted by molar-refractivity contribution is 7.89. The summed E-state index contributed by atoms with van der Waals surface area (Å²) in [5, 5.41) is 14.0. The quantitative estimate of drug-likeness (QED) is 0.421. The van der Waals surface area contributed by atoms with Gasteiger partial charge in [0.25, 0.3) is 5.91 Å². The van der Waals surface area contributed by atoms with E-state index in [2.05, 4.69) is 9.97 Å². The largest absolute Gasteiger partial charge is 0.339 e. The monoisotopic (exact) mass is 492 g/mol. The molecule has 11 heteroatoms. The molecule has 2 heterocycles. The Kier molecular flexibility index (Phi) is 6.59. The molecule has 0 radical (unpaired) electrons. The average Bonchev–Trinajstić information content (AvgIpc) is 3.20. The van der Waals surface area contributed by atoms with Crippen LogP contribution < -0.4 is 5.14 Å². The van der Waals surface area contributed by atoms with E-state index in [1.54, 1.807) is 37.4 Å². The van der Waals surface area contributed by atoms with E-state index in [-0.39, 0.29) is 35.3 Å². The van der Waals surface area contributed by atoms with Crippen molar-refractivity contribution < 1.29 is 17.6 Å². The summed E-state index contributed by atoms with van der Waals surface area (Å²) in [6.45, 7) is 0.580. The van der Waals surface area contributed by atoms with Crippen molar-refractivity contribution in [1.82, 2.24) is 19.4 Å². The van der Waals surface area contributed by atoms with Gasteiger partial charge in [0, 0.05) is 25.7 Å². The second-order valence-corrected chi connectivity index (χ2v) is 9.47. The molecule has 0 unspecified atom stereocenters. The normalized spacial score (nSPS) is 11.4. The minimum Gasteiger partial charge on any atom is -0.339 e. The first kappa shape index (κ1) is 24.0. The summed E-state index contributed by atoms with van der Waals surface area (Å²) in [6.07, 6.45) is 1.69. The number of aromatic nitrogens is 3. The standard InChI is InChI=1S/C24H21FN6O3S/c1-30(12-2-11-26)24(32)20-13-22-21(14-28-20)29-23(17-5-9-19(10-6-17)35(27,33)34)31(22)15-16-3-7-18(25)8-4-16/h3-10,13-14H,2,12,15H2,1H3,(H2,27,33,34). The molecule has 0 fully saturated rings. The molecule has 0 aliphatic heterocycles. The number of amides is 1. The molecule has 2 aromatic carbocycles. The number of nitrogens with two attached hydrogens (primary N) is 1. The van der Waals surface area contributed by atoms with Crippen molar-refractivity contribution in [3.05, 3.63) is 77.9 Å². The van der Waals surface area contributed by atoms with Gasteiger partial charge in [0.15, 0.2) is 0 Å². The summed E-state index contributed by atoms with van der Waals surface area (Å²) < 4.78 is 38.6. The van der Waals surface area contributed by atoms with Crippen LogP contribution in [0.3, 0.4) is 0 Å². The zero-order valence-electron chi connectivity index (χ0n) is 18.7. The summed E-state index contributed by atoms with van der Waals surface area (Å²) in [6, 6.07) is 15.6. The number of carbonyl (C=O) groups is 1. The van der Waals surface area contributed by atoms with Gasteiger partial charge in [0.2, 0.25) is 10.0 Å². The third-order valence-corrected chi connectivity index (χ3v) is 6.38. The molecule has 4 rings (SSSR count). The molecule has 0 saturated carbocycles. The second kappa shape index (κ2) is 9.61. The third kappa shape index (κ3) is 5.18. The van der Waals surface area contributed by atoms with Crippen LogP contribution >= 0.6 is 0 Å². The number of pyridine rings is 1. The fourth-order valence-corrected chi connectivity index (χ4v) is 4.12. The number of benzene rings is 2. The molecule has 0 aliphatic rings. The highest BCUT2D eigenvalue weighted by Crippen LogP contribution is 2.27. The molecule has 35 heavy (non-hydrogen) atoms. The Labute approximate surface area is 201 Å². The topological polar surface area (TPSA) is 135 Å². The molecule has 9 nitrogen and oxygen atoms in total. The van der Waals surface area contributed by atoms with Crippen LogP contribution in [0.4, 0.5) is 4.39 Å². The van der Waals surface area contributed by atoms with Crippen molar-refractivity contribution in [1.29, 1.82) is 5.26 Å². The van der Waals surface area contributed by atoms with Crippen LogP contribution in [0.2, 0.25) is 0 Å². The van der Waals surface area contributed by atoms with Gasteiger partial charge >= 0.3 is 0 Å². The molecular weight excluding hydrogens is 471 g/mol. The number of nitrogens with zero attached hydrogens (tertiary/aromatic N) is 5. The van der Waals surface area contributed by atoms with Gasteiger partial charge in [0.1, 0.15) is 22.9 Å². The first-order valence-corrected chi connectivity index (χ1v) is 12.1. The van der Waals surface area contributed by atoms with Gasteiger partial charge in [-0.25, -0.2) is 27.9 Å².